The van der Waals surface area contributed by atoms with Crippen LogP contribution in [0.3, 0.4) is 0 Å². The number of hydrogen-bond acceptors (Lipinski definition) is 0. The van der Waals surface area contributed by atoms with E-state index >= 15 is 0 Å². The molecule has 0 aliphatic heterocycles. The second-order valence-electron chi connectivity index (χ2n) is 2.19. The van der Waals surface area contributed by atoms with Gasteiger partial charge in [0.25, 0.3) is 0 Å². The minimum Gasteiger partial charge on any atom is -0.0985 e. The van der Waals surface area contributed by atoms with Crippen LogP contribution in [0.15, 0.2) is 31.4 Å². The summed E-state index contributed by atoms with van der Waals surface area (Å²) in [5.41, 5.74) is 2.01. The SMILES string of the molecule is C=Cc1ccc(Cl)c(C=C)c1. The lowest BCUT2D eigenvalue weighted by molar-refractivity contribution is 1.62. The van der Waals surface area contributed by atoms with Crippen LogP contribution >= 0.6 is 11.6 Å². The van der Waals surface area contributed by atoms with Crippen molar-refractivity contribution in [3.63, 3.8) is 0 Å². The molecule has 0 atom stereocenters. The maximum atomic E-state index is 5.85. The van der Waals surface area contributed by atoms with Crippen molar-refractivity contribution in [3.05, 3.63) is 47.5 Å². The van der Waals surface area contributed by atoms with Gasteiger partial charge in [-0.15, -0.1) is 0 Å². The van der Waals surface area contributed by atoms with E-state index in [4.69, 9.17) is 11.6 Å². The van der Waals surface area contributed by atoms with Crippen LogP contribution in [-0.4, -0.2) is 0 Å². The van der Waals surface area contributed by atoms with Crippen LogP contribution in [0.5, 0.6) is 0 Å². The Labute approximate surface area is 71.8 Å². The van der Waals surface area contributed by atoms with E-state index in [1.807, 2.05) is 18.2 Å². The average molecular weight is 165 g/mol. The fourth-order valence-corrected chi connectivity index (χ4v) is 1.04. The quantitative estimate of drug-likeness (QED) is 0.626. The van der Waals surface area contributed by atoms with Crippen molar-refractivity contribution in [1.82, 2.24) is 0 Å². The highest BCUT2D eigenvalue weighted by Crippen LogP contribution is 2.18. The lowest BCUT2D eigenvalue weighted by Crippen LogP contribution is -1.76. The molecule has 11 heavy (non-hydrogen) atoms. The smallest absolute Gasteiger partial charge is 0.0478 e. The Bertz CT molecular complexity index is 287. The van der Waals surface area contributed by atoms with Crippen molar-refractivity contribution in [3.8, 4) is 0 Å². The van der Waals surface area contributed by atoms with E-state index in [9.17, 15) is 0 Å². The van der Waals surface area contributed by atoms with Gasteiger partial charge in [0.05, 0.1) is 0 Å². The summed E-state index contributed by atoms with van der Waals surface area (Å²) in [6.07, 6.45) is 3.51. The van der Waals surface area contributed by atoms with E-state index in [2.05, 4.69) is 13.2 Å². The minimum absolute atomic E-state index is 0.727. The number of rotatable bonds is 2. The molecule has 56 valence electrons. The lowest BCUT2D eigenvalue weighted by Gasteiger charge is -1.98. The van der Waals surface area contributed by atoms with Crippen LogP contribution in [0, 0.1) is 0 Å². The number of halogens is 1. The second kappa shape index (κ2) is 3.40. The molecule has 0 spiro atoms. The van der Waals surface area contributed by atoms with Gasteiger partial charge in [0.1, 0.15) is 0 Å². The van der Waals surface area contributed by atoms with Crippen molar-refractivity contribution < 1.29 is 0 Å². The molecule has 0 radical (unpaired) electrons. The Kier molecular flexibility index (Phi) is 2.50. The number of benzene rings is 1. The molecule has 0 saturated carbocycles. The van der Waals surface area contributed by atoms with Crippen molar-refractivity contribution in [1.29, 1.82) is 0 Å². The molecule has 0 fully saturated rings. The van der Waals surface area contributed by atoms with Crippen LogP contribution in [0.1, 0.15) is 11.1 Å². The molecule has 0 unspecified atom stereocenters. The van der Waals surface area contributed by atoms with Crippen molar-refractivity contribution in [2.45, 2.75) is 0 Å². The van der Waals surface area contributed by atoms with Crippen molar-refractivity contribution in [2.24, 2.45) is 0 Å². The van der Waals surface area contributed by atoms with Crippen LogP contribution in [0.4, 0.5) is 0 Å². The predicted molar refractivity (Wildman–Crippen MR) is 51.6 cm³/mol. The third-order valence-electron chi connectivity index (χ3n) is 1.48. The van der Waals surface area contributed by atoms with E-state index in [0.29, 0.717) is 0 Å². The van der Waals surface area contributed by atoms with Gasteiger partial charge in [0, 0.05) is 5.02 Å². The second-order valence-corrected chi connectivity index (χ2v) is 2.60. The van der Waals surface area contributed by atoms with Crippen LogP contribution in [0.25, 0.3) is 12.2 Å². The minimum atomic E-state index is 0.727. The third kappa shape index (κ3) is 1.72. The Hall–Kier alpha value is -1.01. The lowest BCUT2D eigenvalue weighted by atomic mass is 10.1. The van der Waals surface area contributed by atoms with E-state index in [0.717, 1.165) is 16.1 Å². The Morgan fingerprint density at radius 2 is 1.91 bits per heavy atom. The zero-order valence-electron chi connectivity index (χ0n) is 6.18. The van der Waals surface area contributed by atoms with Gasteiger partial charge in [0.2, 0.25) is 0 Å². The molecule has 0 nitrogen and oxygen atoms in total. The largest absolute Gasteiger partial charge is 0.0985 e. The van der Waals surface area contributed by atoms with Crippen molar-refractivity contribution >= 4 is 23.8 Å². The summed E-state index contributed by atoms with van der Waals surface area (Å²) >= 11 is 5.85. The van der Waals surface area contributed by atoms with Gasteiger partial charge in [-0.1, -0.05) is 43.0 Å². The normalized spacial score (nSPS) is 9.18. The molecule has 0 amide bonds. The van der Waals surface area contributed by atoms with E-state index in [-0.39, 0.29) is 0 Å². The first-order valence-electron chi connectivity index (χ1n) is 3.32. The molecule has 0 heterocycles. The molecule has 1 aromatic rings. The molecule has 0 bridgehead atoms. The van der Waals surface area contributed by atoms with Gasteiger partial charge in [0.15, 0.2) is 0 Å². The Morgan fingerprint density at radius 1 is 1.18 bits per heavy atom. The average Bonchev–Trinajstić information content (AvgIpc) is 2.05. The highest BCUT2D eigenvalue weighted by molar-refractivity contribution is 6.32. The first-order valence-corrected chi connectivity index (χ1v) is 3.70. The van der Waals surface area contributed by atoms with Gasteiger partial charge in [-0.05, 0) is 23.3 Å². The zero-order chi connectivity index (χ0) is 8.27. The van der Waals surface area contributed by atoms with E-state index in [1.54, 1.807) is 12.2 Å². The van der Waals surface area contributed by atoms with Crippen LogP contribution < -0.4 is 0 Å². The van der Waals surface area contributed by atoms with E-state index < -0.39 is 0 Å². The van der Waals surface area contributed by atoms with Crippen LogP contribution in [0.2, 0.25) is 5.02 Å². The van der Waals surface area contributed by atoms with Gasteiger partial charge in [-0.2, -0.15) is 0 Å². The Morgan fingerprint density at radius 3 is 2.45 bits per heavy atom. The summed E-state index contributed by atoms with van der Waals surface area (Å²) in [4.78, 5) is 0. The summed E-state index contributed by atoms with van der Waals surface area (Å²) in [5.74, 6) is 0. The summed E-state index contributed by atoms with van der Waals surface area (Å²) in [7, 11) is 0. The maximum Gasteiger partial charge on any atom is 0.0478 e. The summed E-state index contributed by atoms with van der Waals surface area (Å²) in [6, 6.07) is 5.71. The molecule has 0 aliphatic rings. The van der Waals surface area contributed by atoms with Crippen LogP contribution in [-0.2, 0) is 0 Å². The molecule has 1 aromatic carbocycles. The summed E-state index contributed by atoms with van der Waals surface area (Å²) in [6.45, 7) is 7.31. The first kappa shape index (κ1) is 8.09. The van der Waals surface area contributed by atoms with Gasteiger partial charge < -0.3 is 0 Å². The predicted octanol–water partition coefficient (Wildman–Crippen LogP) is 3.63. The fourth-order valence-electron chi connectivity index (χ4n) is 0.846. The topological polar surface area (TPSA) is 0 Å². The van der Waals surface area contributed by atoms with Gasteiger partial charge in [-0.3, -0.25) is 0 Å². The molecular formula is C10H9Cl. The van der Waals surface area contributed by atoms with Gasteiger partial charge >= 0.3 is 0 Å². The third-order valence-corrected chi connectivity index (χ3v) is 1.82. The molecular weight excluding hydrogens is 156 g/mol. The van der Waals surface area contributed by atoms with Gasteiger partial charge in [-0.25, -0.2) is 0 Å². The highest BCUT2D eigenvalue weighted by Gasteiger charge is 1.94. The summed E-state index contributed by atoms with van der Waals surface area (Å²) < 4.78 is 0. The highest BCUT2D eigenvalue weighted by atomic mass is 35.5. The Balaban J connectivity index is 3.22. The first-order chi connectivity index (χ1) is 5.27. The van der Waals surface area contributed by atoms with Crippen molar-refractivity contribution in [2.75, 3.05) is 0 Å². The fraction of sp³-hybridized carbons (Fsp3) is 0. The van der Waals surface area contributed by atoms with E-state index in [1.165, 1.54) is 0 Å². The maximum absolute atomic E-state index is 5.85. The molecule has 0 aliphatic carbocycles. The monoisotopic (exact) mass is 164 g/mol. The molecule has 0 saturated heterocycles. The molecule has 0 N–H and O–H groups in total. The summed E-state index contributed by atoms with van der Waals surface area (Å²) in [5, 5.41) is 0.727. The number of hydrogen-bond donors (Lipinski definition) is 0. The standard InChI is InChI=1S/C10H9Cl/c1-3-8-5-6-10(11)9(4-2)7-8/h3-7H,1-2H2. The molecule has 1 rings (SSSR count). The zero-order valence-corrected chi connectivity index (χ0v) is 6.93. The molecule has 1 heteroatoms. The molecule has 0 aromatic heterocycles.